The Kier molecular flexibility index (Phi) is 6.78. The second kappa shape index (κ2) is 9.56. The number of fused-ring (bicyclic) bond motifs is 1. The van der Waals surface area contributed by atoms with Crippen molar-refractivity contribution < 1.29 is 0 Å². The van der Waals surface area contributed by atoms with Gasteiger partial charge in [-0.15, -0.1) is 10.2 Å². The number of hydrogen-bond acceptors (Lipinski definition) is 6. The summed E-state index contributed by atoms with van der Waals surface area (Å²) in [4.78, 5) is 31.4. The standard InChI is InChI=1S/C20H20Cl3N7O2/c1-2-7-28-18-13(10-16(23)24-18)19(31)29(20(28)32)8-4-9-30-26-17(25-27-30)11-12-14(21)5-3-6-15(12)22/h3,5-6H,2,4,7-11H2,1H3. The van der Waals surface area contributed by atoms with Crippen LogP contribution >= 0.6 is 34.8 Å². The minimum absolute atomic E-state index is 0.222. The minimum atomic E-state index is -0.383. The van der Waals surface area contributed by atoms with Gasteiger partial charge in [-0.25, -0.2) is 9.79 Å². The van der Waals surface area contributed by atoms with Crippen LogP contribution in [0.25, 0.3) is 0 Å². The number of benzene rings is 1. The maximum absolute atomic E-state index is 12.9. The molecular weight excluding hydrogens is 477 g/mol. The van der Waals surface area contributed by atoms with Crippen LogP contribution in [0.5, 0.6) is 0 Å². The lowest BCUT2D eigenvalue weighted by Gasteiger charge is -2.13. The smallest absolute Gasteiger partial charge is 0.278 e. The number of aliphatic imine (C=N–C) groups is 1. The number of rotatable bonds is 8. The molecule has 32 heavy (non-hydrogen) atoms. The Labute approximate surface area is 198 Å². The van der Waals surface area contributed by atoms with E-state index < -0.39 is 0 Å². The van der Waals surface area contributed by atoms with Crippen LogP contribution in [-0.4, -0.2) is 34.5 Å². The molecule has 0 bridgehead atoms. The largest absolute Gasteiger partial charge is 0.332 e. The van der Waals surface area contributed by atoms with Crippen molar-refractivity contribution in [2.24, 2.45) is 4.99 Å². The first kappa shape index (κ1) is 22.7. The Morgan fingerprint density at radius 3 is 2.50 bits per heavy atom. The van der Waals surface area contributed by atoms with Crippen LogP contribution in [-0.2, 0) is 32.5 Å². The van der Waals surface area contributed by atoms with Crippen LogP contribution in [0.1, 0.15) is 36.7 Å². The number of hydrogen-bond donors (Lipinski definition) is 0. The first-order chi connectivity index (χ1) is 15.4. The summed E-state index contributed by atoms with van der Waals surface area (Å²) in [6, 6.07) is 5.28. The van der Waals surface area contributed by atoms with E-state index >= 15 is 0 Å². The number of tetrazole rings is 1. The summed E-state index contributed by atoms with van der Waals surface area (Å²) in [5.74, 6) is 0.857. The van der Waals surface area contributed by atoms with Gasteiger partial charge in [0.15, 0.2) is 5.82 Å². The maximum atomic E-state index is 12.9. The van der Waals surface area contributed by atoms with E-state index in [2.05, 4.69) is 20.4 Å². The van der Waals surface area contributed by atoms with Crippen molar-refractivity contribution in [3.63, 3.8) is 0 Å². The lowest BCUT2D eigenvalue weighted by atomic mass is 10.1. The van der Waals surface area contributed by atoms with Crippen LogP contribution in [0.2, 0.25) is 10.0 Å². The molecule has 9 nitrogen and oxygen atoms in total. The SMILES string of the molecule is CCCn1c2c(c(=O)n(CCCn3nnc(Cc4c(Cl)cccc4Cl)n3)c1=O)CC(Cl)=N2. The second-order valence-electron chi connectivity index (χ2n) is 7.39. The first-order valence-corrected chi connectivity index (χ1v) is 11.3. The zero-order valence-electron chi connectivity index (χ0n) is 17.3. The Balaban J connectivity index is 1.47. The minimum Gasteiger partial charge on any atom is -0.278 e. The average Bonchev–Trinajstić information content (AvgIpc) is 3.37. The fourth-order valence-corrected chi connectivity index (χ4v) is 4.37. The fourth-order valence-electron chi connectivity index (χ4n) is 3.62. The Bertz CT molecular complexity index is 1290. The van der Waals surface area contributed by atoms with Gasteiger partial charge in [0.1, 0.15) is 11.0 Å². The number of nitrogens with zero attached hydrogens (tertiary/aromatic N) is 7. The monoisotopic (exact) mass is 495 g/mol. The van der Waals surface area contributed by atoms with Gasteiger partial charge in [-0.05, 0) is 35.8 Å². The summed E-state index contributed by atoms with van der Waals surface area (Å²) < 4.78 is 2.76. The molecule has 0 unspecified atom stereocenters. The highest BCUT2D eigenvalue weighted by Gasteiger charge is 2.24. The third kappa shape index (κ3) is 4.51. The third-order valence-corrected chi connectivity index (χ3v) is 6.04. The molecule has 0 N–H and O–H groups in total. The van der Waals surface area contributed by atoms with E-state index in [1.165, 1.54) is 13.9 Å². The molecule has 0 amide bonds. The van der Waals surface area contributed by atoms with E-state index in [1.807, 2.05) is 6.92 Å². The summed E-state index contributed by atoms with van der Waals surface area (Å²) in [5, 5.41) is 13.8. The molecule has 2 aromatic heterocycles. The fraction of sp³-hybridized carbons (Fsp3) is 0.400. The van der Waals surface area contributed by atoms with Gasteiger partial charge in [-0.1, -0.05) is 47.8 Å². The molecule has 1 aliphatic rings. The van der Waals surface area contributed by atoms with Crippen molar-refractivity contribution in [2.45, 2.75) is 52.2 Å². The Morgan fingerprint density at radius 2 is 1.78 bits per heavy atom. The van der Waals surface area contributed by atoms with Crippen LogP contribution in [0, 0.1) is 0 Å². The lowest BCUT2D eigenvalue weighted by molar-refractivity contribution is 0.449. The maximum Gasteiger partial charge on any atom is 0.332 e. The molecule has 168 valence electrons. The number of aryl methyl sites for hydroxylation is 1. The van der Waals surface area contributed by atoms with E-state index in [-0.39, 0.29) is 24.2 Å². The molecule has 0 saturated carbocycles. The van der Waals surface area contributed by atoms with E-state index in [9.17, 15) is 9.59 Å². The van der Waals surface area contributed by atoms with E-state index in [4.69, 9.17) is 34.8 Å². The van der Waals surface area contributed by atoms with Crippen molar-refractivity contribution in [1.29, 1.82) is 0 Å². The van der Waals surface area contributed by atoms with E-state index in [0.717, 1.165) is 12.0 Å². The Hall–Kier alpha value is -2.49. The highest BCUT2D eigenvalue weighted by atomic mass is 35.5. The predicted molar refractivity (Wildman–Crippen MR) is 124 cm³/mol. The molecule has 1 aromatic carbocycles. The molecule has 12 heteroatoms. The quantitative estimate of drug-likeness (QED) is 0.477. The van der Waals surface area contributed by atoms with Gasteiger partial charge in [0.2, 0.25) is 0 Å². The second-order valence-corrected chi connectivity index (χ2v) is 8.64. The highest BCUT2D eigenvalue weighted by Crippen LogP contribution is 2.26. The van der Waals surface area contributed by atoms with Crippen molar-refractivity contribution in [3.8, 4) is 0 Å². The van der Waals surface area contributed by atoms with Gasteiger partial charge in [0, 0.05) is 36.0 Å². The van der Waals surface area contributed by atoms with Gasteiger partial charge in [-0.3, -0.25) is 13.9 Å². The molecule has 0 saturated heterocycles. The van der Waals surface area contributed by atoms with Crippen LogP contribution in [0.15, 0.2) is 32.8 Å². The zero-order valence-corrected chi connectivity index (χ0v) is 19.5. The Morgan fingerprint density at radius 1 is 1.03 bits per heavy atom. The topological polar surface area (TPSA) is 100.0 Å². The summed E-state index contributed by atoms with van der Waals surface area (Å²) in [7, 11) is 0. The van der Waals surface area contributed by atoms with Gasteiger partial charge in [-0.2, -0.15) is 4.80 Å². The van der Waals surface area contributed by atoms with Crippen molar-refractivity contribution in [1.82, 2.24) is 29.3 Å². The van der Waals surface area contributed by atoms with E-state index in [0.29, 0.717) is 58.4 Å². The van der Waals surface area contributed by atoms with Crippen LogP contribution in [0.3, 0.4) is 0 Å². The number of aromatic nitrogens is 6. The molecule has 0 radical (unpaired) electrons. The molecule has 0 atom stereocenters. The van der Waals surface area contributed by atoms with Gasteiger partial charge >= 0.3 is 5.69 Å². The highest BCUT2D eigenvalue weighted by molar-refractivity contribution is 6.66. The van der Waals surface area contributed by atoms with Crippen molar-refractivity contribution in [2.75, 3.05) is 0 Å². The predicted octanol–water partition coefficient (Wildman–Crippen LogP) is 3.22. The molecule has 1 aliphatic heterocycles. The van der Waals surface area contributed by atoms with Gasteiger partial charge in [0.25, 0.3) is 5.56 Å². The van der Waals surface area contributed by atoms with Crippen molar-refractivity contribution in [3.05, 3.63) is 66.0 Å². The molecule has 0 aliphatic carbocycles. The molecule has 0 spiro atoms. The summed E-state index contributed by atoms with van der Waals surface area (Å²) in [6.07, 6.45) is 1.81. The average molecular weight is 497 g/mol. The molecule has 0 fully saturated rings. The van der Waals surface area contributed by atoms with E-state index in [1.54, 1.807) is 18.2 Å². The van der Waals surface area contributed by atoms with Crippen LogP contribution in [0.4, 0.5) is 5.82 Å². The molecule has 4 rings (SSSR count). The summed E-state index contributed by atoms with van der Waals surface area (Å²) in [5.41, 5.74) is 0.460. The normalized spacial score (nSPS) is 12.8. The van der Waals surface area contributed by atoms with Crippen molar-refractivity contribution >= 4 is 45.8 Å². The third-order valence-electron chi connectivity index (χ3n) is 5.12. The van der Waals surface area contributed by atoms with Gasteiger partial charge < -0.3 is 0 Å². The number of halogens is 3. The molecule has 3 heterocycles. The lowest BCUT2D eigenvalue weighted by Crippen LogP contribution is -2.41. The molecule has 3 aromatic rings. The van der Waals surface area contributed by atoms with Gasteiger partial charge in [0.05, 0.1) is 12.1 Å². The molecular formula is C20H20Cl3N7O2. The van der Waals surface area contributed by atoms with Crippen LogP contribution < -0.4 is 11.2 Å². The summed E-state index contributed by atoms with van der Waals surface area (Å²) in [6.45, 7) is 3.03. The zero-order chi connectivity index (χ0) is 22.8. The summed E-state index contributed by atoms with van der Waals surface area (Å²) >= 11 is 18.4. The first-order valence-electron chi connectivity index (χ1n) is 10.2.